The van der Waals surface area contributed by atoms with Crippen molar-refractivity contribution in [2.75, 3.05) is 11.1 Å². The Morgan fingerprint density at radius 3 is 2.57 bits per heavy atom. The minimum absolute atomic E-state index is 0.112. The van der Waals surface area contributed by atoms with Gasteiger partial charge >= 0.3 is 5.69 Å². The van der Waals surface area contributed by atoms with Gasteiger partial charge in [-0.2, -0.15) is 0 Å². The summed E-state index contributed by atoms with van der Waals surface area (Å²) in [5.74, 6) is 0.874. The molecule has 2 bridgehead atoms. The number of anilines is 2. The molecule has 3 rings (SSSR count). The molecule has 0 radical (unpaired) electrons. The van der Waals surface area contributed by atoms with Crippen LogP contribution < -0.4 is 22.3 Å². The van der Waals surface area contributed by atoms with Gasteiger partial charge < -0.3 is 11.1 Å². The maximum absolute atomic E-state index is 12.1. The maximum Gasteiger partial charge on any atom is 0.329 e. The highest BCUT2D eigenvalue weighted by atomic mass is 16.2. The lowest BCUT2D eigenvalue weighted by Crippen LogP contribution is -2.47. The minimum Gasteiger partial charge on any atom is -0.383 e. The van der Waals surface area contributed by atoms with Crippen molar-refractivity contribution < 1.29 is 0 Å². The fourth-order valence-electron chi connectivity index (χ4n) is 4.58. The molecule has 6 nitrogen and oxygen atoms in total. The molecule has 1 aromatic heterocycles. The van der Waals surface area contributed by atoms with Crippen molar-refractivity contribution in [1.29, 1.82) is 0 Å². The van der Waals surface area contributed by atoms with Crippen LogP contribution in [0.15, 0.2) is 9.59 Å². The van der Waals surface area contributed by atoms with Gasteiger partial charge in [0, 0.05) is 13.1 Å². The first-order valence-corrected chi connectivity index (χ1v) is 7.52. The normalized spacial score (nSPS) is 33.3. The van der Waals surface area contributed by atoms with Gasteiger partial charge in [0.15, 0.2) is 0 Å². The van der Waals surface area contributed by atoms with Gasteiger partial charge in [-0.05, 0) is 36.0 Å². The molecule has 2 aliphatic carbocycles. The molecule has 21 heavy (non-hydrogen) atoms. The van der Waals surface area contributed by atoms with Gasteiger partial charge in [-0.15, -0.1) is 0 Å². The van der Waals surface area contributed by atoms with Gasteiger partial charge in [-0.25, -0.2) is 4.79 Å². The topological polar surface area (TPSA) is 92.9 Å². The summed E-state index contributed by atoms with van der Waals surface area (Å²) in [6, 6.07) is 0.185. The number of aromatic amines is 1. The van der Waals surface area contributed by atoms with Crippen LogP contribution >= 0.6 is 0 Å². The van der Waals surface area contributed by atoms with Crippen molar-refractivity contribution in [2.45, 2.75) is 46.1 Å². The number of H-pyrrole nitrogens is 1. The minimum atomic E-state index is -0.485. The van der Waals surface area contributed by atoms with Crippen molar-refractivity contribution in [3.63, 3.8) is 0 Å². The molecular weight excluding hydrogens is 268 g/mol. The Morgan fingerprint density at radius 2 is 2.00 bits per heavy atom. The van der Waals surface area contributed by atoms with E-state index < -0.39 is 11.2 Å². The van der Waals surface area contributed by atoms with Crippen LogP contribution in [0.5, 0.6) is 0 Å². The fraction of sp³-hybridized carbons (Fsp3) is 0.733. The van der Waals surface area contributed by atoms with Gasteiger partial charge in [-0.1, -0.05) is 20.8 Å². The van der Waals surface area contributed by atoms with Crippen LogP contribution in [0.1, 0.15) is 40.0 Å². The van der Waals surface area contributed by atoms with Crippen molar-refractivity contribution in [2.24, 2.45) is 23.8 Å². The molecule has 3 unspecified atom stereocenters. The fourth-order valence-corrected chi connectivity index (χ4v) is 4.58. The Hall–Kier alpha value is -1.72. The van der Waals surface area contributed by atoms with Gasteiger partial charge in [-0.3, -0.25) is 14.3 Å². The van der Waals surface area contributed by atoms with E-state index in [1.807, 2.05) is 0 Å². The molecule has 0 spiro atoms. The van der Waals surface area contributed by atoms with Crippen LogP contribution in [0.2, 0.25) is 0 Å². The molecule has 0 aromatic carbocycles. The summed E-state index contributed by atoms with van der Waals surface area (Å²) >= 11 is 0. The predicted molar refractivity (Wildman–Crippen MR) is 83.4 cm³/mol. The first kappa shape index (κ1) is 14.2. The zero-order valence-corrected chi connectivity index (χ0v) is 13.1. The molecule has 3 atom stereocenters. The van der Waals surface area contributed by atoms with Crippen LogP contribution in [0.25, 0.3) is 0 Å². The summed E-state index contributed by atoms with van der Waals surface area (Å²) in [6.45, 7) is 6.80. The monoisotopic (exact) mass is 292 g/mol. The lowest BCUT2D eigenvalue weighted by atomic mass is 9.68. The standard InChI is InChI=1S/C15H24N4O2/c1-14(2)8-5-6-15(3,7-8)12(14)17-9-10(16)19(4)13(21)18-11(9)20/h8,12,17H,5-7,16H2,1-4H3,(H,18,20,21). The van der Waals surface area contributed by atoms with Crippen LogP contribution in [0.3, 0.4) is 0 Å². The van der Waals surface area contributed by atoms with Crippen molar-refractivity contribution >= 4 is 11.5 Å². The SMILES string of the molecule is Cn1c(N)c(NC2C3(C)CCC(C3)C2(C)C)c(=O)[nH]c1=O. The van der Waals surface area contributed by atoms with Crippen molar-refractivity contribution in [1.82, 2.24) is 9.55 Å². The number of fused-ring (bicyclic) bond motifs is 2. The van der Waals surface area contributed by atoms with Gasteiger partial charge in [0.05, 0.1) is 0 Å². The van der Waals surface area contributed by atoms with Gasteiger partial charge in [0.2, 0.25) is 0 Å². The van der Waals surface area contributed by atoms with Crippen LogP contribution in [0.4, 0.5) is 11.5 Å². The summed E-state index contributed by atoms with van der Waals surface area (Å²) in [4.78, 5) is 26.0. The van der Waals surface area contributed by atoms with Gasteiger partial charge in [0.25, 0.3) is 5.56 Å². The lowest BCUT2D eigenvalue weighted by molar-refractivity contribution is 0.155. The molecule has 2 fully saturated rings. The molecule has 0 amide bonds. The zero-order chi connectivity index (χ0) is 15.6. The largest absolute Gasteiger partial charge is 0.383 e. The Balaban J connectivity index is 2.04. The average molecular weight is 292 g/mol. The number of nitrogens with zero attached hydrogens (tertiary/aromatic N) is 1. The number of nitrogen functional groups attached to an aromatic ring is 1. The smallest absolute Gasteiger partial charge is 0.329 e. The number of aromatic nitrogens is 2. The van der Waals surface area contributed by atoms with E-state index in [2.05, 4.69) is 31.1 Å². The Labute approximate surface area is 123 Å². The summed E-state index contributed by atoms with van der Waals surface area (Å²) in [7, 11) is 1.56. The van der Waals surface area contributed by atoms with E-state index in [0.29, 0.717) is 11.6 Å². The Kier molecular flexibility index (Phi) is 2.81. The molecule has 0 aliphatic heterocycles. The first-order chi connectivity index (χ1) is 9.67. The van der Waals surface area contributed by atoms with E-state index in [0.717, 1.165) is 0 Å². The van der Waals surface area contributed by atoms with E-state index in [1.165, 1.54) is 23.8 Å². The average Bonchev–Trinajstić information content (AvgIpc) is 2.86. The summed E-state index contributed by atoms with van der Waals surface area (Å²) in [5, 5.41) is 3.38. The molecule has 2 saturated carbocycles. The second-order valence-corrected chi connectivity index (χ2v) is 7.57. The van der Waals surface area contributed by atoms with Crippen LogP contribution in [-0.2, 0) is 7.05 Å². The third-order valence-electron chi connectivity index (χ3n) is 5.93. The third-order valence-corrected chi connectivity index (χ3v) is 5.93. The van der Waals surface area contributed by atoms with Crippen molar-refractivity contribution in [3.05, 3.63) is 20.8 Å². The summed E-state index contributed by atoms with van der Waals surface area (Å²) < 4.78 is 1.27. The highest BCUT2D eigenvalue weighted by molar-refractivity contribution is 5.61. The van der Waals surface area contributed by atoms with E-state index >= 15 is 0 Å². The van der Waals surface area contributed by atoms with E-state index in [9.17, 15) is 9.59 Å². The molecule has 2 aliphatic rings. The van der Waals surface area contributed by atoms with E-state index in [4.69, 9.17) is 5.73 Å². The summed E-state index contributed by atoms with van der Waals surface area (Å²) in [5.41, 5.74) is 5.67. The number of rotatable bonds is 2. The number of nitrogens with one attached hydrogen (secondary N) is 2. The van der Waals surface area contributed by atoms with E-state index in [-0.39, 0.29) is 22.7 Å². The number of nitrogens with two attached hydrogens (primary N) is 1. The van der Waals surface area contributed by atoms with Crippen LogP contribution in [0, 0.1) is 16.7 Å². The second kappa shape index (κ2) is 4.15. The molecule has 0 saturated heterocycles. The Morgan fingerprint density at radius 1 is 1.33 bits per heavy atom. The number of hydrogen-bond donors (Lipinski definition) is 3. The van der Waals surface area contributed by atoms with E-state index in [1.54, 1.807) is 7.05 Å². The highest BCUT2D eigenvalue weighted by Crippen LogP contribution is 2.63. The number of hydrogen-bond acceptors (Lipinski definition) is 4. The molecule has 1 aromatic rings. The lowest BCUT2D eigenvalue weighted by Gasteiger charge is -2.43. The predicted octanol–water partition coefficient (Wildman–Crippen LogP) is 1.28. The molecule has 116 valence electrons. The van der Waals surface area contributed by atoms with Gasteiger partial charge in [0.1, 0.15) is 11.5 Å². The highest BCUT2D eigenvalue weighted by Gasteiger charge is 2.59. The molecule has 1 heterocycles. The van der Waals surface area contributed by atoms with Crippen molar-refractivity contribution in [3.8, 4) is 0 Å². The Bertz CT molecular complexity index is 698. The third kappa shape index (κ3) is 1.84. The second-order valence-electron chi connectivity index (χ2n) is 7.57. The molecular formula is C15H24N4O2. The quantitative estimate of drug-likeness (QED) is 0.765. The molecule has 4 N–H and O–H groups in total. The zero-order valence-electron chi connectivity index (χ0n) is 13.1. The summed E-state index contributed by atoms with van der Waals surface area (Å²) in [6.07, 6.45) is 3.60. The molecule has 6 heteroatoms. The first-order valence-electron chi connectivity index (χ1n) is 7.52. The van der Waals surface area contributed by atoms with Crippen LogP contribution in [-0.4, -0.2) is 15.6 Å². The maximum atomic E-state index is 12.1.